The minimum atomic E-state index is -0.240. The summed E-state index contributed by atoms with van der Waals surface area (Å²) < 4.78 is 22.4. The lowest BCUT2D eigenvalue weighted by atomic mass is 9.99. The molecular formula is C52H69N9O5S. The summed E-state index contributed by atoms with van der Waals surface area (Å²) in [6, 6.07) is 23.4. The number of pyridine rings is 1. The first-order chi connectivity index (χ1) is 32.5. The highest BCUT2D eigenvalue weighted by Gasteiger charge is 2.33. The molecule has 1 atom stereocenters. The van der Waals surface area contributed by atoms with Crippen LogP contribution < -0.4 is 31.3 Å². The fourth-order valence-corrected chi connectivity index (χ4v) is 8.27. The summed E-state index contributed by atoms with van der Waals surface area (Å²) in [6.07, 6.45) is 5.83. The van der Waals surface area contributed by atoms with Crippen LogP contribution in [0.3, 0.4) is 0 Å². The second-order valence-corrected chi connectivity index (χ2v) is 16.4. The third-order valence-corrected chi connectivity index (χ3v) is 11.7. The first kappa shape index (κ1) is 53.2. The van der Waals surface area contributed by atoms with Gasteiger partial charge in [0.25, 0.3) is 0 Å². The molecule has 67 heavy (non-hydrogen) atoms. The highest BCUT2D eigenvalue weighted by Crippen LogP contribution is 2.40. The zero-order valence-electron chi connectivity index (χ0n) is 40.4. The number of thiophene rings is 1. The van der Waals surface area contributed by atoms with Crippen LogP contribution in [0.15, 0.2) is 96.6 Å². The number of anilines is 5. The van der Waals surface area contributed by atoms with Crippen LogP contribution in [-0.4, -0.2) is 94.7 Å². The van der Waals surface area contributed by atoms with Crippen molar-refractivity contribution in [2.45, 2.75) is 67.3 Å². The molecule has 0 saturated heterocycles. The van der Waals surface area contributed by atoms with Gasteiger partial charge in [-0.05, 0) is 93.6 Å². The lowest BCUT2D eigenvalue weighted by Crippen LogP contribution is -2.39. The van der Waals surface area contributed by atoms with Gasteiger partial charge in [-0.2, -0.15) is 0 Å². The molecule has 0 bridgehead atoms. The minimum Gasteiger partial charge on any atom is -0.491 e. The van der Waals surface area contributed by atoms with E-state index in [0.29, 0.717) is 88.1 Å². The summed E-state index contributed by atoms with van der Waals surface area (Å²) in [4.78, 5) is 22.7. The van der Waals surface area contributed by atoms with Crippen LogP contribution in [0.2, 0.25) is 0 Å². The molecule has 14 nitrogen and oxygen atoms in total. The molecule has 358 valence electrons. The van der Waals surface area contributed by atoms with Crippen molar-refractivity contribution < 1.29 is 23.7 Å². The molecule has 0 fully saturated rings. The maximum atomic E-state index is 10.4. The first-order valence-corrected chi connectivity index (χ1v) is 23.6. The molecule has 0 aliphatic carbocycles. The molecule has 0 radical (unpaired) electrons. The SMILES string of the molecule is C=CCc1cc(-c2cnc(N)cc2NCCOCCOCCOCCOc2ccc(NC=O)cc2)ccc1NC.CC.CCC1N=C(c2ccc(C)cc2)c2c(sc(C)c2C)N(C(C)=N)C1=N. The molecule has 1 aliphatic rings. The van der Waals surface area contributed by atoms with Gasteiger partial charge in [0.15, 0.2) is 0 Å². The average molecular weight is 932 g/mol. The summed E-state index contributed by atoms with van der Waals surface area (Å²) in [5.41, 5.74) is 17.3. The van der Waals surface area contributed by atoms with Crippen molar-refractivity contribution in [2.75, 3.05) is 86.4 Å². The number of ether oxygens (including phenoxy) is 4. The van der Waals surface area contributed by atoms with Crippen molar-refractivity contribution in [1.82, 2.24) is 4.98 Å². The molecule has 6 rings (SSSR count). The maximum absolute atomic E-state index is 10.4. The van der Waals surface area contributed by atoms with Crippen molar-refractivity contribution in [1.29, 1.82) is 10.8 Å². The van der Waals surface area contributed by atoms with Crippen molar-refractivity contribution in [3.05, 3.63) is 124 Å². The number of aromatic nitrogens is 1. The number of carbonyl (C=O) groups excluding carboxylic acids is 1. The molecule has 3 aromatic carbocycles. The van der Waals surface area contributed by atoms with Crippen LogP contribution in [0.25, 0.3) is 11.1 Å². The summed E-state index contributed by atoms with van der Waals surface area (Å²) in [5, 5.41) is 27.0. The lowest BCUT2D eigenvalue weighted by Gasteiger charge is -2.24. The van der Waals surface area contributed by atoms with Gasteiger partial charge >= 0.3 is 0 Å². The number of carbonyl (C=O) groups is 1. The van der Waals surface area contributed by atoms with E-state index in [-0.39, 0.29) is 6.04 Å². The summed E-state index contributed by atoms with van der Waals surface area (Å²) >= 11 is 1.65. The quantitative estimate of drug-likeness (QED) is 0.0128. The number of aryl methyl sites for hydroxylation is 2. The topological polar surface area (TPSA) is 192 Å². The van der Waals surface area contributed by atoms with Crippen LogP contribution in [0.1, 0.15) is 66.8 Å². The monoisotopic (exact) mass is 932 g/mol. The average Bonchev–Trinajstić information content (AvgIpc) is 3.54. The Bertz CT molecular complexity index is 2400. The van der Waals surface area contributed by atoms with E-state index in [1.54, 1.807) is 53.6 Å². The van der Waals surface area contributed by atoms with Gasteiger partial charge in [-0.25, -0.2) is 4.98 Å². The molecule has 1 aliphatic heterocycles. The molecule has 2 aromatic heterocycles. The normalized spacial score (nSPS) is 12.8. The van der Waals surface area contributed by atoms with Gasteiger partial charge in [-0.3, -0.25) is 25.5 Å². The molecule has 1 amide bonds. The highest BCUT2D eigenvalue weighted by atomic mass is 32.1. The van der Waals surface area contributed by atoms with Crippen LogP contribution in [0.5, 0.6) is 5.75 Å². The van der Waals surface area contributed by atoms with Gasteiger partial charge in [0.2, 0.25) is 6.41 Å². The van der Waals surface area contributed by atoms with Crippen LogP contribution in [0, 0.1) is 31.6 Å². The summed E-state index contributed by atoms with van der Waals surface area (Å²) in [6.45, 7) is 21.9. The smallest absolute Gasteiger partial charge is 0.211 e. The summed E-state index contributed by atoms with van der Waals surface area (Å²) in [5.74, 6) is 1.92. The second kappa shape index (κ2) is 27.9. The van der Waals surface area contributed by atoms with Crippen LogP contribution >= 0.6 is 11.3 Å². The van der Waals surface area contributed by atoms with Gasteiger partial charge in [-0.15, -0.1) is 17.9 Å². The largest absolute Gasteiger partial charge is 0.491 e. The molecule has 3 heterocycles. The third-order valence-electron chi connectivity index (χ3n) is 10.6. The Morgan fingerprint density at radius 3 is 2.15 bits per heavy atom. The van der Waals surface area contributed by atoms with E-state index in [0.717, 1.165) is 62.7 Å². The molecule has 15 heteroatoms. The fraction of sp³-hybridized carbons (Fsp3) is 0.365. The number of fused-ring (bicyclic) bond motifs is 1. The lowest BCUT2D eigenvalue weighted by molar-refractivity contribution is -0.105. The number of nitrogen functional groups attached to an aromatic ring is 1. The van der Waals surface area contributed by atoms with Gasteiger partial charge in [0, 0.05) is 64.5 Å². The Morgan fingerprint density at radius 1 is 0.896 bits per heavy atom. The number of nitrogens with one attached hydrogen (secondary N) is 5. The molecule has 5 aromatic rings. The molecular weight excluding hydrogens is 863 g/mol. The Morgan fingerprint density at radius 2 is 1.54 bits per heavy atom. The number of amides is 1. The van der Waals surface area contributed by atoms with Gasteiger partial charge < -0.3 is 40.6 Å². The number of aliphatic imine (C=N–C) groups is 1. The van der Waals surface area contributed by atoms with Crippen LogP contribution in [-0.2, 0) is 25.4 Å². The molecule has 7 N–H and O–H groups in total. The summed E-state index contributed by atoms with van der Waals surface area (Å²) in [7, 11) is 1.91. The maximum Gasteiger partial charge on any atom is 0.211 e. The van der Waals surface area contributed by atoms with Crippen molar-refractivity contribution in [3.8, 4) is 16.9 Å². The molecule has 0 saturated carbocycles. The van der Waals surface area contributed by atoms with E-state index in [2.05, 4.69) is 90.7 Å². The zero-order valence-corrected chi connectivity index (χ0v) is 41.2. The van der Waals surface area contributed by atoms with E-state index in [4.69, 9.17) is 40.5 Å². The van der Waals surface area contributed by atoms with E-state index >= 15 is 0 Å². The first-order valence-electron chi connectivity index (χ1n) is 22.8. The minimum absolute atomic E-state index is 0.240. The number of nitrogens with two attached hydrogens (primary N) is 1. The number of amidine groups is 2. The number of nitrogens with zero attached hydrogens (tertiary/aromatic N) is 3. The number of benzene rings is 3. The number of hydrogen-bond donors (Lipinski definition) is 6. The standard InChI is InChI=1S/C30H39N5O5.C20H24N4S.C2H6/c1-3-4-24-19-23(5-10-28(24)32-2)27-21-34-30(31)20-29(27)33-11-12-37-13-14-38-15-16-39-17-18-40-26-8-6-25(7-9-26)35-22-36;1-6-16-19(22)24(14(5)21)20-17(12(3)13(4)25-20)18(23-16)15-9-7-11(2)8-10-15;1-2/h3,5-10,19-22,32H,1,4,11-18H2,2H3,(H,35,36)(H3,31,33,34);7-10,16,21-22H,6H2,1-5H3;1-2H3. The predicted octanol–water partition coefficient (Wildman–Crippen LogP) is 10.3. The van der Waals surface area contributed by atoms with Gasteiger partial charge in [-0.1, -0.05) is 62.7 Å². The van der Waals surface area contributed by atoms with Crippen molar-refractivity contribution in [2.24, 2.45) is 4.99 Å². The predicted molar refractivity (Wildman–Crippen MR) is 280 cm³/mol. The van der Waals surface area contributed by atoms with E-state index < -0.39 is 0 Å². The Kier molecular flexibility index (Phi) is 22.2. The third kappa shape index (κ3) is 15.3. The van der Waals surface area contributed by atoms with E-state index in [1.165, 1.54) is 16.0 Å². The fourth-order valence-electron chi connectivity index (χ4n) is 7.04. The molecule has 0 spiro atoms. The van der Waals surface area contributed by atoms with Crippen molar-refractivity contribution in [3.63, 3.8) is 0 Å². The number of hydrogen-bond acceptors (Lipinski definition) is 13. The number of allylic oxidation sites excluding steroid dienone is 1. The molecule has 1 unspecified atom stereocenters. The number of rotatable bonds is 22. The second-order valence-electron chi connectivity index (χ2n) is 15.2. The van der Waals surface area contributed by atoms with Gasteiger partial charge in [0.1, 0.15) is 40.9 Å². The van der Waals surface area contributed by atoms with E-state index in [9.17, 15) is 4.79 Å². The Balaban J connectivity index is 0.000000310. The van der Waals surface area contributed by atoms with Crippen LogP contribution in [0.4, 0.5) is 27.9 Å². The van der Waals surface area contributed by atoms with Crippen molar-refractivity contribution >= 4 is 63.0 Å². The Labute approximate surface area is 401 Å². The van der Waals surface area contributed by atoms with E-state index in [1.807, 2.05) is 40.0 Å². The van der Waals surface area contributed by atoms with Gasteiger partial charge in [0.05, 0.1) is 45.4 Å². The Hall–Kier alpha value is -6.39. The zero-order chi connectivity index (χ0) is 48.7. The highest BCUT2D eigenvalue weighted by molar-refractivity contribution is 7.17.